The van der Waals surface area contributed by atoms with Gasteiger partial charge >= 0.3 is 5.97 Å². The lowest BCUT2D eigenvalue weighted by atomic mass is 9.95. The summed E-state index contributed by atoms with van der Waals surface area (Å²) >= 11 is 0. The van der Waals surface area contributed by atoms with Crippen LogP contribution in [0.25, 0.3) is 10.9 Å². The second kappa shape index (κ2) is 7.87. The van der Waals surface area contributed by atoms with Gasteiger partial charge in [-0.2, -0.15) is 0 Å². The van der Waals surface area contributed by atoms with E-state index in [-0.39, 0.29) is 24.1 Å². The molecule has 0 saturated carbocycles. The third-order valence-corrected chi connectivity index (χ3v) is 4.36. The maximum atomic E-state index is 12.9. The van der Waals surface area contributed by atoms with Crippen molar-refractivity contribution in [3.8, 4) is 0 Å². The minimum absolute atomic E-state index is 0.144. The molecule has 1 aromatic heterocycles. The van der Waals surface area contributed by atoms with Crippen molar-refractivity contribution in [2.75, 3.05) is 11.9 Å². The minimum atomic E-state index is -0.480. The number of hydrogen-bond acceptors (Lipinski definition) is 3. The predicted octanol–water partition coefficient (Wildman–Crippen LogP) is 4.48. The van der Waals surface area contributed by atoms with E-state index in [1.54, 1.807) is 6.92 Å². The SMILES string of the molecule is CCOC(=O)c1[nH]c2ccccc2c1NC(=O)C(CC)c1ccccc1. The van der Waals surface area contributed by atoms with Crippen LogP contribution in [0.1, 0.15) is 42.2 Å². The maximum Gasteiger partial charge on any atom is 0.356 e. The topological polar surface area (TPSA) is 71.2 Å². The Labute approximate surface area is 152 Å². The zero-order valence-electron chi connectivity index (χ0n) is 14.9. The van der Waals surface area contributed by atoms with Gasteiger partial charge in [-0.1, -0.05) is 55.5 Å². The van der Waals surface area contributed by atoms with E-state index in [0.717, 1.165) is 16.5 Å². The van der Waals surface area contributed by atoms with Gasteiger partial charge in [0.1, 0.15) is 5.69 Å². The molecule has 5 heteroatoms. The average Bonchev–Trinajstić information content (AvgIpc) is 3.02. The van der Waals surface area contributed by atoms with Gasteiger partial charge in [0.05, 0.1) is 18.2 Å². The smallest absolute Gasteiger partial charge is 0.356 e. The number of rotatable bonds is 6. The number of aromatic nitrogens is 1. The van der Waals surface area contributed by atoms with Crippen molar-refractivity contribution in [3.63, 3.8) is 0 Å². The number of nitrogens with one attached hydrogen (secondary N) is 2. The number of amides is 1. The van der Waals surface area contributed by atoms with Gasteiger partial charge in [-0.05, 0) is 25.0 Å². The fourth-order valence-electron chi connectivity index (χ4n) is 3.10. The van der Waals surface area contributed by atoms with Gasteiger partial charge in [0.2, 0.25) is 5.91 Å². The largest absolute Gasteiger partial charge is 0.461 e. The Morgan fingerprint density at radius 2 is 1.73 bits per heavy atom. The summed E-state index contributed by atoms with van der Waals surface area (Å²) in [5, 5.41) is 3.74. The normalized spacial score (nSPS) is 11.9. The van der Waals surface area contributed by atoms with E-state index in [1.165, 1.54) is 0 Å². The number of carbonyl (C=O) groups excluding carboxylic acids is 2. The lowest BCUT2D eigenvalue weighted by Crippen LogP contribution is -2.22. The highest BCUT2D eigenvalue weighted by Crippen LogP contribution is 2.30. The Kier molecular flexibility index (Phi) is 5.37. The van der Waals surface area contributed by atoms with E-state index < -0.39 is 5.97 Å². The first-order valence-corrected chi connectivity index (χ1v) is 8.79. The molecule has 1 amide bonds. The number of hydrogen-bond donors (Lipinski definition) is 2. The number of para-hydroxylation sites is 1. The second-order valence-electron chi connectivity index (χ2n) is 6.00. The summed E-state index contributed by atoms with van der Waals surface area (Å²) in [4.78, 5) is 28.3. The molecule has 1 unspecified atom stereocenters. The molecule has 0 aliphatic rings. The summed E-state index contributed by atoms with van der Waals surface area (Å²) in [5.41, 5.74) is 2.46. The van der Waals surface area contributed by atoms with E-state index in [4.69, 9.17) is 4.74 Å². The number of benzene rings is 2. The number of carbonyl (C=O) groups is 2. The number of ether oxygens (including phenoxy) is 1. The van der Waals surface area contributed by atoms with Crippen LogP contribution in [-0.2, 0) is 9.53 Å². The average molecular weight is 350 g/mol. The highest BCUT2D eigenvalue weighted by molar-refractivity contribution is 6.11. The van der Waals surface area contributed by atoms with E-state index in [2.05, 4.69) is 10.3 Å². The van der Waals surface area contributed by atoms with Crippen molar-refractivity contribution in [2.45, 2.75) is 26.2 Å². The quantitative estimate of drug-likeness (QED) is 0.644. The third kappa shape index (κ3) is 3.47. The molecule has 5 nitrogen and oxygen atoms in total. The van der Waals surface area contributed by atoms with Crippen LogP contribution in [0.2, 0.25) is 0 Å². The molecule has 3 aromatic rings. The standard InChI is InChI=1S/C21H22N2O3/c1-3-15(14-10-6-5-7-11-14)20(24)23-18-16-12-8-9-13-17(16)22-19(18)21(25)26-4-2/h5-13,15,22H,3-4H2,1-2H3,(H,23,24). The highest BCUT2D eigenvalue weighted by atomic mass is 16.5. The van der Waals surface area contributed by atoms with Gasteiger partial charge < -0.3 is 15.0 Å². The zero-order valence-corrected chi connectivity index (χ0v) is 14.9. The molecule has 0 spiro atoms. The van der Waals surface area contributed by atoms with Crippen LogP contribution >= 0.6 is 0 Å². The summed E-state index contributed by atoms with van der Waals surface area (Å²) in [6.45, 7) is 3.99. The Balaban J connectivity index is 1.97. The van der Waals surface area contributed by atoms with Gasteiger partial charge in [0, 0.05) is 10.9 Å². The van der Waals surface area contributed by atoms with Gasteiger partial charge in [0.25, 0.3) is 0 Å². The van der Waals surface area contributed by atoms with E-state index in [1.807, 2.05) is 61.5 Å². The van der Waals surface area contributed by atoms with Gasteiger partial charge in [0.15, 0.2) is 0 Å². The van der Waals surface area contributed by atoms with Crippen molar-refractivity contribution in [2.24, 2.45) is 0 Å². The summed E-state index contributed by atoms with van der Waals surface area (Å²) in [6, 6.07) is 17.1. The molecule has 0 aliphatic heterocycles. The summed E-state index contributed by atoms with van der Waals surface area (Å²) < 4.78 is 5.13. The summed E-state index contributed by atoms with van der Waals surface area (Å²) in [7, 11) is 0. The van der Waals surface area contributed by atoms with Crippen molar-refractivity contribution < 1.29 is 14.3 Å². The Hall–Kier alpha value is -3.08. The number of anilines is 1. The first kappa shape index (κ1) is 17.7. The molecule has 0 saturated heterocycles. The highest BCUT2D eigenvalue weighted by Gasteiger charge is 2.24. The molecule has 2 N–H and O–H groups in total. The van der Waals surface area contributed by atoms with Crippen LogP contribution in [0, 0.1) is 0 Å². The molecule has 0 aliphatic carbocycles. The molecule has 26 heavy (non-hydrogen) atoms. The third-order valence-electron chi connectivity index (χ3n) is 4.36. The number of aromatic amines is 1. The Morgan fingerprint density at radius 3 is 2.42 bits per heavy atom. The van der Waals surface area contributed by atoms with Crippen LogP contribution in [-0.4, -0.2) is 23.5 Å². The Bertz CT molecular complexity index is 915. The molecular weight excluding hydrogens is 328 g/mol. The van der Waals surface area contributed by atoms with E-state index in [0.29, 0.717) is 12.1 Å². The maximum absolute atomic E-state index is 12.9. The Morgan fingerprint density at radius 1 is 1.04 bits per heavy atom. The molecular formula is C21H22N2O3. The van der Waals surface area contributed by atoms with Crippen molar-refractivity contribution in [1.29, 1.82) is 0 Å². The van der Waals surface area contributed by atoms with Crippen molar-refractivity contribution in [3.05, 3.63) is 65.9 Å². The zero-order chi connectivity index (χ0) is 18.5. The van der Waals surface area contributed by atoms with Crippen molar-refractivity contribution in [1.82, 2.24) is 4.98 Å². The van der Waals surface area contributed by atoms with Crippen molar-refractivity contribution >= 4 is 28.5 Å². The molecule has 2 aromatic carbocycles. The molecule has 0 fully saturated rings. The van der Waals surface area contributed by atoms with Gasteiger partial charge in [-0.15, -0.1) is 0 Å². The number of fused-ring (bicyclic) bond motifs is 1. The van der Waals surface area contributed by atoms with Crippen LogP contribution in [0.15, 0.2) is 54.6 Å². The summed E-state index contributed by atoms with van der Waals surface area (Å²) in [5.74, 6) is -0.916. The lowest BCUT2D eigenvalue weighted by Gasteiger charge is -2.16. The molecule has 3 rings (SSSR count). The van der Waals surface area contributed by atoms with Crippen LogP contribution in [0.4, 0.5) is 5.69 Å². The minimum Gasteiger partial charge on any atom is -0.461 e. The predicted molar refractivity (Wildman–Crippen MR) is 102 cm³/mol. The first-order valence-electron chi connectivity index (χ1n) is 8.79. The lowest BCUT2D eigenvalue weighted by molar-refractivity contribution is -0.117. The van der Waals surface area contributed by atoms with Gasteiger partial charge in [-0.25, -0.2) is 4.79 Å². The molecule has 1 heterocycles. The molecule has 0 bridgehead atoms. The molecule has 1 atom stereocenters. The summed E-state index contributed by atoms with van der Waals surface area (Å²) in [6.07, 6.45) is 0.660. The van der Waals surface area contributed by atoms with Gasteiger partial charge in [-0.3, -0.25) is 4.79 Å². The fourth-order valence-corrected chi connectivity index (χ4v) is 3.10. The van der Waals surface area contributed by atoms with E-state index in [9.17, 15) is 9.59 Å². The number of H-pyrrole nitrogens is 1. The molecule has 0 radical (unpaired) electrons. The molecule has 134 valence electrons. The monoisotopic (exact) mass is 350 g/mol. The van der Waals surface area contributed by atoms with E-state index >= 15 is 0 Å². The van der Waals surface area contributed by atoms with Crippen LogP contribution in [0.5, 0.6) is 0 Å². The van der Waals surface area contributed by atoms with Crippen LogP contribution < -0.4 is 5.32 Å². The first-order chi connectivity index (χ1) is 12.7. The number of esters is 1. The fraction of sp³-hybridized carbons (Fsp3) is 0.238. The van der Waals surface area contributed by atoms with Crippen LogP contribution in [0.3, 0.4) is 0 Å². The second-order valence-corrected chi connectivity index (χ2v) is 6.00.